The number of sulfonamides is 1. The number of hydrogen-bond acceptors (Lipinski definition) is 3. The van der Waals surface area contributed by atoms with E-state index in [-0.39, 0.29) is 18.0 Å². The van der Waals surface area contributed by atoms with Gasteiger partial charge in [0, 0.05) is 6.54 Å². The van der Waals surface area contributed by atoms with Gasteiger partial charge in [-0.3, -0.25) is 9.10 Å². The third-order valence-corrected chi connectivity index (χ3v) is 6.10. The Labute approximate surface area is 173 Å². The number of rotatable bonds is 9. The second-order valence-electron chi connectivity index (χ2n) is 6.99. The number of hydrogen-bond donors (Lipinski definition) is 1. The Balaban J connectivity index is 2.27. The Morgan fingerprint density at radius 3 is 2.21 bits per heavy atom. The summed E-state index contributed by atoms with van der Waals surface area (Å²) in [6.07, 6.45) is 3.07. The van der Waals surface area contributed by atoms with E-state index in [0.717, 1.165) is 34.5 Å². The van der Waals surface area contributed by atoms with Crippen molar-refractivity contribution in [2.45, 2.75) is 52.6 Å². The first-order valence-electron chi connectivity index (χ1n) is 9.84. The SMILES string of the molecule is CCc1ccc(CC)c(CNC(=O)[C@@H](CC)N(c2ccc(F)cc2)S(C)(=O)=O)c1. The molecule has 0 saturated heterocycles. The van der Waals surface area contributed by atoms with Gasteiger partial charge in [0.05, 0.1) is 11.9 Å². The van der Waals surface area contributed by atoms with Crippen LogP contribution in [0.1, 0.15) is 43.9 Å². The molecule has 0 unspecified atom stereocenters. The summed E-state index contributed by atoms with van der Waals surface area (Å²) in [6, 6.07) is 10.4. The fourth-order valence-electron chi connectivity index (χ4n) is 3.36. The molecule has 2 aromatic rings. The van der Waals surface area contributed by atoms with Gasteiger partial charge in [-0.2, -0.15) is 0 Å². The van der Waals surface area contributed by atoms with E-state index in [4.69, 9.17) is 0 Å². The standard InChI is InChI=1S/C22H29FN2O3S/c1-5-16-8-9-17(6-2)18(14-16)15-24-22(26)21(7-3)25(29(4,27)28)20-12-10-19(23)11-13-20/h8-14,21H,5-7,15H2,1-4H3,(H,24,26)/t21-/m1/s1. The Hall–Kier alpha value is -2.41. The van der Waals surface area contributed by atoms with Gasteiger partial charge in [0.1, 0.15) is 11.9 Å². The molecule has 1 amide bonds. The molecule has 1 atom stereocenters. The minimum absolute atomic E-state index is 0.262. The van der Waals surface area contributed by atoms with Gasteiger partial charge < -0.3 is 5.32 Å². The number of aryl methyl sites for hydroxylation is 2. The number of anilines is 1. The predicted octanol–water partition coefficient (Wildman–Crippen LogP) is 3.81. The van der Waals surface area contributed by atoms with Crippen LogP contribution >= 0.6 is 0 Å². The second kappa shape index (κ2) is 9.87. The van der Waals surface area contributed by atoms with Crippen molar-refractivity contribution in [2.24, 2.45) is 0 Å². The number of amides is 1. The summed E-state index contributed by atoms with van der Waals surface area (Å²) in [4.78, 5) is 12.9. The molecular formula is C22H29FN2O3S. The molecule has 2 aromatic carbocycles. The van der Waals surface area contributed by atoms with E-state index in [0.29, 0.717) is 6.54 Å². The molecule has 0 saturated carbocycles. The normalized spacial score (nSPS) is 12.4. The van der Waals surface area contributed by atoms with Gasteiger partial charge in [0.15, 0.2) is 0 Å². The van der Waals surface area contributed by atoms with Crippen molar-refractivity contribution in [2.75, 3.05) is 10.6 Å². The molecule has 7 heteroatoms. The highest BCUT2D eigenvalue weighted by atomic mass is 32.2. The predicted molar refractivity (Wildman–Crippen MR) is 115 cm³/mol. The van der Waals surface area contributed by atoms with Crippen molar-refractivity contribution in [1.82, 2.24) is 5.32 Å². The number of benzene rings is 2. The quantitative estimate of drug-likeness (QED) is 0.671. The van der Waals surface area contributed by atoms with Crippen molar-refractivity contribution < 1.29 is 17.6 Å². The van der Waals surface area contributed by atoms with Gasteiger partial charge in [0.2, 0.25) is 15.9 Å². The van der Waals surface area contributed by atoms with Gasteiger partial charge >= 0.3 is 0 Å². The minimum Gasteiger partial charge on any atom is -0.350 e. The first kappa shape index (κ1) is 22.9. The van der Waals surface area contributed by atoms with Crippen LogP contribution in [0.4, 0.5) is 10.1 Å². The monoisotopic (exact) mass is 420 g/mol. The highest BCUT2D eigenvalue weighted by Gasteiger charge is 2.31. The van der Waals surface area contributed by atoms with Gasteiger partial charge in [0.25, 0.3) is 0 Å². The molecular weight excluding hydrogens is 391 g/mol. The van der Waals surface area contributed by atoms with E-state index in [1.165, 1.54) is 29.8 Å². The van der Waals surface area contributed by atoms with Gasteiger partial charge in [-0.05, 0) is 60.2 Å². The molecule has 0 radical (unpaired) electrons. The Morgan fingerprint density at radius 2 is 1.69 bits per heavy atom. The number of nitrogens with zero attached hydrogens (tertiary/aromatic N) is 1. The van der Waals surface area contributed by atoms with Crippen LogP contribution < -0.4 is 9.62 Å². The largest absolute Gasteiger partial charge is 0.350 e. The maximum atomic E-state index is 13.3. The lowest BCUT2D eigenvalue weighted by molar-refractivity contribution is -0.122. The van der Waals surface area contributed by atoms with Crippen molar-refractivity contribution in [3.8, 4) is 0 Å². The minimum atomic E-state index is -3.74. The molecule has 2 rings (SSSR count). The number of halogens is 1. The number of nitrogens with one attached hydrogen (secondary N) is 1. The highest BCUT2D eigenvalue weighted by Crippen LogP contribution is 2.23. The fourth-order valence-corrected chi connectivity index (χ4v) is 4.57. The molecule has 0 aromatic heterocycles. The van der Waals surface area contributed by atoms with E-state index in [1.807, 2.05) is 0 Å². The van der Waals surface area contributed by atoms with E-state index in [2.05, 4.69) is 37.4 Å². The zero-order valence-electron chi connectivity index (χ0n) is 17.4. The summed E-state index contributed by atoms with van der Waals surface area (Å²) >= 11 is 0. The lowest BCUT2D eigenvalue weighted by atomic mass is 10.0. The molecule has 29 heavy (non-hydrogen) atoms. The Bertz CT molecular complexity index is 943. The fraction of sp³-hybridized carbons (Fsp3) is 0.409. The van der Waals surface area contributed by atoms with Crippen LogP contribution in [-0.4, -0.2) is 26.6 Å². The number of carbonyl (C=O) groups excluding carboxylic acids is 1. The molecule has 0 spiro atoms. The van der Waals surface area contributed by atoms with Crippen molar-refractivity contribution in [3.05, 3.63) is 65.0 Å². The molecule has 158 valence electrons. The first-order valence-corrected chi connectivity index (χ1v) is 11.7. The van der Waals surface area contributed by atoms with Crippen LogP contribution in [0.5, 0.6) is 0 Å². The maximum Gasteiger partial charge on any atom is 0.244 e. The molecule has 0 aliphatic rings. The molecule has 5 nitrogen and oxygen atoms in total. The molecule has 0 aliphatic carbocycles. The lowest BCUT2D eigenvalue weighted by Crippen LogP contribution is -2.49. The van der Waals surface area contributed by atoms with Crippen LogP contribution in [0.25, 0.3) is 0 Å². The zero-order chi connectivity index (χ0) is 21.6. The second-order valence-corrected chi connectivity index (χ2v) is 8.85. The molecule has 0 heterocycles. The maximum absolute atomic E-state index is 13.3. The van der Waals surface area contributed by atoms with Crippen LogP contribution in [-0.2, 0) is 34.2 Å². The summed E-state index contributed by atoms with van der Waals surface area (Å²) < 4.78 is 39.2. The third kappa shape index (κ3) is 5.79. The summed E-state index contributed by atoms with van der Waals surface area (Å²) in [5, 5.41) is 2.89. The molecule has 0 bridgehead atoms. The third-order valence-electron chi connectivity index (χ3n) is 4.92. The van der Waals surface area contributed by atoms with Gasteiger partial charge in [-0.15, -0.1) is 0 Å². The van der Waals surface area contributed by atoms with E-state index in [9.17, 15) is 17.6 Å². The van der Waals surface area contributed by atoms with Gasteiger partial charge in [-0.25, -0.2) is 12.8 Å². The summed E-state index contributed by atoms with van der Waals surface area (Å²) in [6.45, 7) is 6.21. The van der Waals surface area contributed by atoms with Crippen LogP contribution in [0, 0.1) is 5.82 Å². The van der Waals surface area contributed by atoms with Crippen molar-refractivity contribution in [1.29, 1.82) is 0 Å². The molecule has 0 aliphatic heterocycles. The van der Waals surface area contributed by atoms with Crippen molar-refractivity contribution >= 4 is 21.6 Å². The van der Waals surface area contributed by atoms with Crippen molar-refractivity contribution in [3.63, 3.8) is 0 Å². The zero-order valence-corrected chi connectivity index (χ0v) is 18.2. The van der Waals surface area contributed by atoms with E-state index < -0.39 is 21.9 Å². The first-order chi connectivity index (χ1) is 13.7. The average Bonchev–Trinajstić information content (AvgIpc) is 2.69. The van der Waals surface area contributed by atoms with E-state index >= 15 is 0 Å². The topological polar surface area (TPSA) is 66.5 Å². The smallest absolute Gasteiger partial charge is 0.244 e. The summed E-state index contributed by atoms with van der Waals surface area (Å²) in [5.74, 6) is -0.853. The Morgan fingerprint density at radius 1 is 1.03 bits per heavy atom. The highest BCUT2D eigenvalue weighted by molar-refractivity contribution is 7.92. The lowest BCUT2D eigenvalue weighted by Gasteiger charge is -2.30. The van der Waals surface area contributed by atoms with Crippen LogP contribution in [0.2, 0.25) is 0 Å². The van der Waals surface area contributed by atoms with Crippen LogP contribution in [0.3, 0.4) is 0 Å². The summed E-state index contributed by atoms with van der Waals surface area (Å²) in [5.41, 5.74) is 3.62. The Kier molecular flexibility index (Phi) is 7.79. The molecule has 1 N–H and O–H groups in total. The van der Waals surface area contributed by atoms with Crippen LogP contribution in [0.15, 0.2) is 42.5 Å². The number of carbonyl (C=O) groups is 1. The van der Waals surface area contributed by atoms with E-state index in [1.54, 1.807) is 6.92 Å². The van der Waals surface area contributed by atoms with Gasteiger partial charge in [-0.1, -0.05) is 39.0 Å². The molecule has 0 fully saturated rings. The summed E-state index contributed by atoms with van der Waals surface area (Å²) in [7, 11) is -3.74. The average molecular weight is 421 g/mol.